The molecule has 4 aromatic carbocycles. The Kier molecular flexibility index (Phi) is 7.37. The van der Waals surface area contributed by atoms with E-state index < -0.39 is 0 Å². The molecule has 4 aromatic rings. The van der Waals surface area contributed by atoms with Gasteiger partial charge in [-0.1, -0.05) is 66.7 Å². The number of hydrogen-bond donors (Lipinski definition) is 2. The van der Waals surface area contributed by atoms with Crippen molar-refractivity contribution in [2.45, 2.75) is 44.8 Å². The van der Waals surface area contributed by atoms with Gasteiger partial charge in [0.05, 0.1) is 11.8 Å². The molecule has 0 radical (unpaired) electrons. The Morgan fingerprint density at radius 1 is 0.977 bits per heavy atom. The van der Waals surface area contributed by atoms with Gasteiger partial charge in [-0.05, 0) is 95.5 Å². The standard InChI is InChI=1S/C37H35FN4O/c1-24(29-15-18-35-34(21-29)32-7-4-8-33(32)36(39-35)27-13-16-31(38)17-14-27)40-41-37(43)28-11-9-25(10-12-28)22-42-20-19-26-5-2-3-6-30(26)23-42/h2-7,9-18,21,32-33,36,39H,8,19-20,22-23H2,1H3,(H,41,43)/b40-24-/t32-,33+,36+/m1/s1. The van der Waals surface area contributed by atoms with Crippen LogP contribution in [0.1, 0.15) is 69.0 Å². The fourth-order valence-corrected chi connectivity index (χ4v) is 6.79. The van der Waals surface area contributed by atoms with Crippen LogP contribution in [0, 0.1) is 11.7 Å². The van der Waals surface area contributed by atoms with Crippen LogP contribution in [0.5, 0.6) is 0 Å². The average molecular weight is 571 g/mol. The molecule has 5 nitrogen and oxygen atoms in total. The molecule has 0 saturated heterocycles. The molecule has 2 aliphatic heterocycles. The summed E-state index contributed by atoms with van der Waals surface area (Å²) in [5.74, 6) is 0.188. The molecule has 0 bridgehead atoms. The van der Waals surface area contributed by atoms with Crippen molar-refractivity contribution < 1.29 is 9.18 Å². The van der Waals surface area contributed by atoms with E-state index in [4.69, 9.17) is 0 Å². The van der Waals surface area contributed by atoms with Crippen LogP contribution >= 0.6 is 0 Å². The molecular formula is C37H35FN4O. The van der Waals surface area contributed by atoms with Crippen molar-refractivity contribution in [3.05, 3.63) is 148 Å². The summed E-state index contributed by atoms with van der Waals surface area (Å²) in [4.78, 5) is 15.4. The molecule has 2 N–H and O–H groups in total. The van der Waals surface area contributed by atoms with E-state index in [1.165, 1.54) is 34.4 Å². The number of carbonyl (C=O) groups excluding carboxylic acids is 1. The van der Waals surface area contributed by atoms with Gasteiger partial charge in [-0.25, -0.2) is 9.82 Å². The number of nitrogens with zero attached hydrogens (tertiary/aromatic N) is 2. The Hall–Kier alpha value is -4.55. The van der Waals surface area contributed by atoms with Crippen LogP contribution in [-0.4, -0.2) is 23.1 Å². The summed E-state index contributed by atoms with van der Waals surface area (Å²) >= 11 is 0. The monoisotopic (exact) mass is 570 g/mol. The van der Waals surface area contributed by atoms with Gasteiger partial charge in [0.2, 0.25) is 0 Å². The van der Waals surface area contributed by atoms with Crippen LogP contribution in [0.25, 0.3) is 0 Å². The van der Waals surface area contributed by atoms with Crippen LogP contribution in [-0.2, 0) is 19.5 Å². The quantitative estimate of drug-likeness (QED) is 0.145. The predicted molar refractivity (Wildman–Crippen MR) is 170 cm³/mol. The third-order valence-electron chi connectivity index (χ3n) is 9.17. The van der Waals surface area contributed by atoms with Gasteiger partial charge < -0.3 is 5.32 Å². The molecule has 1 amide bonds. The highest BCUT2D eigenvalue weighted by atomic mass is 19.1. The van der Waals surface area contributed by atoms with E-state index in [2.05, 4.69) is 69.3 Å². The zero-order valence-corrected chi connectivity index (χ0v) is 24.3. The third kappa shape index (κ3) is 5.63. The number of hydrazone groups is 1. The Balaban J connectivity index is 1.00. The van der Waals surface area contributed by atoms with E-state index in [0.717, 1.165) is 55.0 Å². The van der Waals surface area contributed by atoms with E-state index in [-0.39, 0.29) is 23.7 Å². The highest BCUT2D eigenvalue weighted by molar-refractivity contribution is 6.01. The van der Waals surface area contributed by atoms with Gasteiger partial charge in [0, 0.05) is 36.8 Å². The van der Waals surface area contributed by atoms with Gasteiger partial charge in [-0.15, -0.1) is 0 Å². The van der Waals surface area contributed by atoms with Crippen LogP contribution in [0.4, 0.5) is 10.1 Å². The van der Waals surface area contributed by atoms with Crippen LogP contribution in [0.2, 0.25) is 0 Å². The number of hydrogen-bond acceptors (Lipinski definition) is 4. The predicted octanol–water partition coefficient (Wildman–Crippen LogP) is 7.36. The molecular weight excluding hydrogens is 535 g/mol. The molecule has 216 valence electrons. The second-order valence-electron chi connectivity index (χ2n) is 11.9. The summed E-state index contributed by atoms with van der Waals surface area (Å²) < 4.78 is 13.6. The highest BCUT2D eigenvalue weighted by Crippen LogP contribution is 2.50. The minimum atomic E-state index is -0.224. The molecule has 0 spiro atoms. The van der Waals surface area contributed by atoms with Crippen molar-refractivity contribution in [3.63, 3.8) is 0 Å². The number of halogens is 1. The first-order valence-corrected chi connectivity index (χ1v) is 15.1. The molecule has 0 fully saturated rings. The molecule has 3 atom stereocenters. The number of rotatable bonds is 6. The van der Waals surface area contributed by atoms with Crippen LogP contribution < -0.4 is 10.7 Å². The summed E-state index contributed by atoms with van der Waals surface area (Å²) in [5, 5.41) is 8.15. The number of fused-ring (bicyclic) bond motifs is 4. The Morgan fingerprint density at radius 2 is 1.74 bits per heavy atom. The number of anilines is 1. The molecule has 43 heavy (non-hydrogen) atoms. The Bertz CT molecular complexity index is 1710. The molecule has 0 saturated carbocycles. The van der Waals surface area contributed by atoms with E-state index in [1.807, 2.05) is 49.4 Å². The fourth-order valence-electron chi connectivity index (χ4n) is 6.79. The van der Waals surface area contributed by atoms with Gasteiger partial charge in [-0.3, -0.25) is 9.69 Å². The van der Waals surface area contributed by atoms with Gasteiger partial charge >= 0.3 is 0 Å². The zero-order chi connectivity index (χ0) is 29.3. The van der Waals surface area contributed by atoms with Gasteiger partial charge in [0.15, 0.2) is 0 Å². The lowest BCUT2D eigenvalue weighted by atomic mass is 9.76. The smallest absolute Gasteiger partial charge is 0.271 e. The number of amides is 1. The zero-order valence-electron chi connectivity index (χ0n) is 24.3. The lowest BCUT2D eigenvalue weighted by molar-refractivity contribution is 0.0955. The molecule has 6 heteroatoms. The largest absolute Gasteiger partial charge is 0.378 e. The number of carbonyl (C=O) groups is 1. The minimum absolute atomic E-state index is 0.121. The number of nitrogens with one attached hydrogen (secondary N) is 2. The summed E-state index contributed by atoms with van der Waals surface area (Å²) in [5.41, 5.74) is 12.5. The van der Waals surface area contributed by atoms with Crippen molar-refractivity contribution >= 4 is 17.3 Å². The molecule has 0 unspecified atom stereocenters. The maximum atomic E-state index is 13.6. The van der Waals surface area contributed by atoms with E-state index in [0.29, 0.717) is 11.5 Å². The SMILES string of the molecule is C/C(=N/NC(=O)c1ccc(CN2CCc3ccccc3C2)cc1)c1ccc2c(c1)[C@@H]1C=CC[C@@H]1[C@H](c1ccc(F)cc1)N2. The minimum Gasteiger partial charge on any atom is -0.378 e. The maximum Gasteiger partial charge on any atom is 0.271 e. The van der Waals surface area contributed by atoms with Crippen LogP contribution in [0.15, 0.2) is 108 Å². The fraction of sp³-hybridized carbons (Fsp3) is 0.243. The first-order valence-electron chi connectivity index (χ1n) is 15.1. The third-order valence-corrected chi connectivity index (χ3v) is 9.17. The van der Waals surface area contributed by atoms with Crippen molar-refractivity contribution in [2.75, 3.05) is 11.9 Å². The average Bonchev–Trinajstić information content (AvgIpc) is 3.54. The number of allylic oxidation sites excluding steroid dienone is 2. The van der Waals surface area contributed by atoms with Crippen LogP contribution in [0.3, 0.4) is 0 Å². The highest BCUT2D eigenvalue weighted by Gasteiger charge is 2.38. The Labute approximate surface area is 252 Å². The molecule has 1 aliphatic carbocycles. The second kappa shape index (κ2) is 11.6. The summed E-state index contributed by atoms with van der Waals surface area (Å²) in [6.45, 7) is 4.78. The normalized spacial score (nSPS) is 21.0. The Morgan fingerprint density at radius 3 is 2.56 bits per heavy atom. The van der Waals surface area contributed by atoms with E-state index in [9.17, 15) is 9.18 Å². The lowest BCUT2D eigenvalue weighted by Crippen LogP contribution is -2.30. The van der Waals surface area contributed by atoms with Gasteiger partial charge in [0.25, 0.3) is 5.91 Å². The van der Waals surface area contributed by atoms with E-state index >= 15 is 0 Å². The van der Waals surface area contributed by atoms with Crippen molar-refractivity contribution in [1.29, 1.82) is 0 Å². The maximum absolute atomic E-state index is 13.6. The first-order chi connectivity index (χ1) is 21.0. The topological polar surface area (TPSA) is 56.7 Å². The van der Waals surface area contributed by atoms with Crippen molar-refractivity contribution in [1.82, 2.24) is 10.3 Å². The van der Waals surface area contributed by atoms with Crippen molar-refractivity contribution in [2.24, 2.45) is 11.0 Å². The van der Waals surface area contributed by atoms with E-state index in [1.54, 1.807) is 0 Å². The summed E-state index contributed by atoms with van der Waals surface area (Å²) in [6.07, 6.45) is 6.57. The van der Waals surface area contributed by atoms with Gasteiger partial charge in [-0.2, -0.15) is 5.10 Å². The molecule has 3 aliphatic rings. The first kappa shape index (κ1) is 27.3. The second-order valence-corrected chi connectivity index (χ2v) is 11.9. The lowest BCUT2D eigenvalue weighted by Gasteiger charge is -2.37. The van der Waals surface area contributed by atoms with Crippen molar-refractivity contribution in [3.8, 4) is 0 Å². The molecule has 2 heterocycles. The number of benzene rings is 4. The molecule has 0 aromatic heterocycles. The van der Waals surface area contributed by atoms with Gasteiger partial charge in [0.1, 0.15) is 5.82 Å². The summed E-state index contributed by atoms with van der Waals surface area (Å²) in [7, 11) is 0. The summed E-state index contributed by atoms with van der Waals surface area (Å²) in [6, 6.07) is 29.7. The molecule has 7 rings (SSSR count).